The summed E-state index contributed by atoms with van der Waals surface area (Å²) >= 11 is 0. The van der Waals surface area contributed by atoms with Crippen molar-refractivity contribution in [1.29, 1.82) is 0 Å². The molecule has 1 saturated carbocycles. The maximum Gasteiger partial charge on any atom is 0.330 e. The zero-order valence-corrected chi connectivity index (χ0v) is 13.2. The van der Waals surface area contributed by atoms with E-state index >= 15 is 0 Å². The highest BCUT2D eigenvalue weighted by atomic mass is 16.5. The number of nitrogens with one attached hydrogen (secondary N) is 1. The minimum absolute atomic E-state index is 0.166. The first-order valence-corrected chi connectivity index (χ1v) is 8.41. The summed E-state index contributed by atoms with van der Waals surface area (Å²) in [4.78, 5) is 23.8. The minimum Gasteiger partial charge on any atom is -0.493 e. The Hall–Kier alpha value is -2.04. The average molecular weight is 317 g/mol. The molecule has 1 aliphatic carbocycles. The number of aliphatic carboxylic acids is 1. The number of rotatable bonds is 5. The number of hydrogen-bond donors (Lipinski definition) is 2. The standard InChI is InChI=1S/C18H23NO4/c20-16(10-12-4-2-1-3-5-12)19-17(18(21)22)14-6-7-15-13(11-14)8-9-23-15/h6-7,11-12,17H,1-5,8-10H2,(H,19,20)(H,21,22). The monoisotopic (exact) mass is 317 g/mol. The summed E-state index contributed by atoms with van der Waals surface area (Å²) in [7, 11) is 0. The molecule has 23 heavy (non-hydrogen) atoms. The Labute approximate surface area is 136 Å². The molecule has 0 radical (unpaired) electrons. The summed E-state index contributed by atoms with van der Waals surface area (Å²) in [6.07, 6.45) is 6.94. The number of carbonyl (C=O) groups excluding carboxylic acids is 1. The Morgan fingerprint density at radius 1 is 1.26 bits per heavy atom. The second-order valence-corrected chi connectivity index (χ2v) is 6.51. The number of fused-ring (bicyclic) bond motifs is 1. The molecule has 0 bridgehead atoms. The van der Waals surface area contributed by atoms with Crippen molar-refractivity contribution < 1.29 is 19.4 Å². The van der Waals surface area contributed by atoms with Crippen molar-refractivity contribution in [2.45, 2.75) is 51.0 Å². The molecule has 5 nitrogen and oxygen atoms in total. The third-order valence-corrected chi connectivity index (χ3v) is 4.80. The zero-order valence-electron chi connectivity index (χ0n) is 13.2. The largest absolute Gasteiger partial charge is 0.493 e. The maximum atomic E-state index is 12.2. The third-order valence-electron chi connectivity index (χ3n) is 4.80. The molecule has 1 aliphatic heterocycles. The molecular formula is C18H23NO4. The number of benzene rings is 1. The number of hydrogen-bond acceptors (Lipinski definition) is 3. The fraction of sp³-hybridized carbons (Fsp3) is 0.556. The van der Waals surface area contributed by atoms with E-state index in [1.165, 1.54) is 19.3 Å². The zero-order chi connectivity index (χ0) is 16.2. The summed E-state index contributed by atoms with van der Waals surface area (Å²) in [5.74, 6) is 0.0138. The van der Waals surface area contributed by atoms with E-state index < -0.39 is 12.0 Å². The van der Waals surface area contributed by atoms with Crippen LogP contribution in [0.5, 0.6) is 5.75 Å². The topological polar surface area (TPSA) is 75.6 Å². The quantitative estimate of drug-likeness (QED) is 0.875. The van der Waals surface area contributed by atoms with E-state index in [4.69, 9.17) is 4.74 Å². The van der Waals surface area contributed by atoms with E-state index in [0.717, 1.165) is 30.6 Å². The summed E-state index contributed by atoms with van der Waals surface area (Å²) in [6.45, 7) is 0.630. The van der Waals surface area contributed by atoms with E-state index in [0.29, 0.717) is 24.5 Å². The smallest absolute Gasteiger partial charge is 0.330 e. The molecular weight excluding hydrogens is 294 g/mol. The fourth-order valence-electron chi connectivity index (χ4n) is 3.55. The van der Waals surface area contributed by atoms with Crippen LogP contribution in [0, 0.1) is 5.92 Å². The maximum absolute atomic E-state index is 12.2. The van der Waals surface area contributed by atoms with Crippen LogP contribution in [-0.4, -0.2) is 23.6 Å². The fourth-order valence-corrected chi connectivity index (χ4v) is 3.55. The van der Waals surface area contributed by atoms with Gasteiger partial charge in [-0.1, -0.05) is 25.3 Å². The lowest BCUT2D eigenvalue weighted by molar-refractivity contribution is -0.142. The van der Waals surface area contributed by atoms with Gasteiger partial charge in [0.15, 0.2) is 6.04 Å². The van der Waals surface area contributed by atoms with Crippen molar-refractivity contribution in [3.05, 3.63) is 29.3 Å². The van der Waals surface area contributed by atoms with Crippen LogP contribution in [0.15, 0.2) is 18.2 Å². The lowest BCUT2D eigenvalue weighted by Crippen LogP contribution is -2.35. The van der Waals surface area contributed by atoms with Gasteiger partial charge in [0.05, 0.1) is 6.61 Å². The molecule has 3 rings (SSSR count). The Balaban J connectivity index is 1.66. The van der Waals surface area contributed by atoms with Crippen molar-refractivity contribution in [1.82, 2.24) is 5.32 Å². The van der Waals surface area contributed by atoms with Crippen LogP contribution in [0.1, 0.15) is 55.7 Å². The second-order valence-electron chi connectivity index (χ2n) is 6.51. The summed E-state index contributed by atoms with van der Waals surface area (Å²) in [6, 6.07) is 4.37. The molecule has 2 N–H and O–H groups in total. The first kappa shape index (κ1) is 15.8. The van der Waals surface area contributed by atoms with Gasteiger partial charge < -0.3 is 15.2 Å². The summed E-state index contributed by atoms with van der Waals surface area (Å²) in [5.41, 5.74) is 1.62. The van der Waals surface area contributed by atoms with Gasteiger partial charge in [0.1, 0.15) is 5.75 Å². The lowest BCUT2D eigenvalue weighted by atomic mass is 9.86. The van der Waals surface area contributed by atoms with E-state index in [-0.39, 0.29) is 5.91 Å². The van der Waals surface area contributed by atoms with Gasteiger partial charge in [-0.15, -0.1) is 0 Å². The van der Waals surface area contributed by atoms with Gasteiger partial charge in [0, 0.05) is 12.8 Å². The van der Waals surface area contributed by atoms with Crippen LogP contribution in [0.4, 0.5) is 0 Å². The van der Waals surface area contributed by atoms with Crippen LogP contribution >= 0.6 is 0 Å². The highest BCUT2D eigenvalue weighted by Crippen LogP contribution is 2.29. The summed E-state index contributed by atoms with van der Waals surface area (Å²) in [5, 5.41) is 12.2. The number of ether oxygens (including phenoxy) is 1. The molecule has 1 amide bonds. The Bertz CT molecular complexity index is 593. The predicted octanol–water partition coefficient (Wildman–Crippen LogP) is 2.83. The summed E-state index contributed by atoms with van der Waals surface area (Å²) < 4.78 is 5.44. The van der Waals surface area contributed by atoms with Crippen molar-refractivity contribution in [2.75, 3.05) is 6.61 Å². The van der Waals surface area contributed by atoms with E-state index in [9.17, 15) is 14.7 Å². The molecule has 0 spiro atoms. The molecule has 1 unspecified atom stereocenters. The van der Waals surface area contributed by atoms with Crippen molar-refractivity contribution in [2.24, 2.45) is 5.92 Å². The Morgan fingerprint density at radius 3 is 2.78 bits per heavy atom. The van der Waals surface area contributed by atoms with E-state index in [1.54, 1.807) is 12.1 Å². The number of carboxylic acids is 1. The molecule has 1 heterocycles. The molecule has 1 aromatic carbocycles. The molecule has 1 aromatic rings. The molecule has 0 saturated heterocycles. The number of carbonyl (C=O) groups is 2. The van der Waals surface area contributed by atoms with Crippen molar-refractivity contribution in [3.8, 4) is 5.75 Å². The van der Waals surface area contributed by atoms with Crippen LogP contribution in [0.25, 0.3) is 0 Å². The first-order chi connectivity index (χ1) is 11.1. The molecule has 1 fully saturated rings. The Kier molecular flexibility index (Phi) is 4.84. The highest BCUT2D eigenvalue weighted by molar-refractivity contribution is 5.84. The number of amides is 1. The van der Waals surface area contributed by atoms with Crippen molar-refractivity contribution in [3.63, 3.8) is 0 Å². The van der Waals surface area contributed by atoms with Crippen LogP contribution in [0.3, 0.4) is 0 Å². The van der Waals surface area contributed by atoms with Gasteiger partial charge in [-0.3, -0.25) is 4.79 Å². The molecule has 0 aromatic heterocycles. The normalized spacial score (nSPS) is 18.8. The lowest BCUT2D eigenvalue weighted by Gasteiger charge is -2.22. The van der Waals surface area contributed by atoms with Crippen LogP contribution in [0.2, 0.25) is 0 Å². The molecule has 5 heteroatoms. The average Bonchev–Trinajstić information content (AvgIpc) is 3.01. The van der Waals surface area contributed by atoms with E-state index in [1.807, 2.05) is 6.07 Å². The first-order valence-electron chi connectivity index (χ1n) is 8.41. The second kappa shape index (κ2) is 7.02. The van der Waals surface area contributed by atoms with Gasteiger partial charge in [-0.25, -0.2) is 4.79 Å². The third kappa shape index (κ3) is 3.84. The van der Waals surface area contributed by atoms with Gasteiger partial charge in [-0.05, 0) is 42.0 Å². The Morgan fingerprint density at radius 2 is 2.04 bits per heavy atom. The SMILES string of the molecule is O=C(CC1CCCCC1)NC(C(=O)O)c1ccc2c(c1)CCO2. The number of carboxylic acid groups (broad SMARTS) is 1. The molecule has 2 aliphatic rings. The van der Waals surface area contributed by atoms with Gasteiger partial charge in [0.2, 0.25) is 5.91 Å². The minimum atomic E-state index is -1.03. The van der Waals surface area contributed by atoms with Gasteiger partial charge in [0.25, 0.3) is 0 Å². The van der Waals surface area contributed by atoms with Crippen LogP contribution in [-0.2, 0) is 16.0 Å². The molecule has 1 atom stereocenters. The van der Waals surface area contributed by atoms with Crippen LogP contribution < -0.4 is 10.1 Å². The van der Waals surface area contributed by atoms with Gasteiger partial charge in [-0.2, -0.15) is 0 Å². The molecule has 124 valence electrons. The van der Waals surface area contributed by atoms with Gasteiger partial charge >= 0.3 is 5.97 Å². The predicted molar refractivity (Wildman–Crippen MR) is 85.4 cm³/mol. The highest BCUT2D eigenvalue weighted by Gasteiger charge is 2.25. The van der Waals surface area contributed by atoms with E-state index in [2.05, 4.69) is 5.32 Å². The van der Waals surface area contributed by atoms with Crippen molar-refractivity contribution >= 4 is 11.9 Å².